The number of halogens is 3. The highest BCUT2D eigenvalue weighted by Gasteiger charge is 2.48. The van der Waals surface area contributed by atoms with E-state index in [0.29, 0.717) is 52.0 Å². The zero-order valence-electron chi connectivity index (χ0n) is 33.7. The van der Waals surface area contributed by atoms with Crippen molar-refractivity contribution in [1.29, 1.82) is 0 Å². The average molecular weight is 841 g/mol. The number of likely N-dealkylation sites (tertiary alicyclic amines) is 1. The van der Waals surface area contributed by atoms with Crippen LogP contribution in [0.2, 0.25) is 0 Å². The van der Waals surface area contributed by atoms with E-state index in [1.54, 1.807) is 30.3 Å². The zero-order chi connectivity index (χ0) is 42.6. The van der Waals surface area contributed by atoms with Crippen molar-refractivity contribution in [2.75, 3.05) is 43.9 Å². The largest absolute Gasteiger partial charge is 0.494 e. The summed E-state index contributed by atoms with van der Waals surface area (Å²) in [5.41, 5.74) is 1.03. The van der Waals surface area contributed by atoms with E-state index in [1.807, 2.05) is 10.9 Å². The number of methoxy groups -OCH3 is 1. The van der Waals surface area contributed by atoms with Crippen LogP contribution in [0.25, 0.3) is 10.9 Å². The molecule has 17 heteroatoms. The van der Waals surface area contributed by atoms with Crippen molar-refractivity contribution in [3.63, 3.8) is 0 Å². The molecule has 1 unspecified atom stereocenters. The summed E-state index contributed by atoms with van der Waals surface area (Å²) in [7, 11) is 1.46. The Balaban J connectivity index is 0.732. The van der Waals surface area contributed by atoms with Crippen LogP contribution < -0.4 is 20.7 Å². The third kappa shape index (κ3) is 7.95. The van der Waals surface area contributed by atoms with Crippen molar-refractivity contribution in [3.05, 3.63) is 77.2 Å². The van der Waals surface area contributed by atoms with Gasteiger partial charge in [-0.15, -0.1) is 0 Å². The van der Waals surface area contributed by atoms with Gasteiger partial charge in [-0.05, 0) is 118 Å². The maximum Gasteiger partial charge on any atom is 0.433 e. The van der Waals surface area contributed by atoms with E-state index in [0.717, 1.165) is 93.4 Å². The highest BCUT2D eigenvalue weighted by Crippen LogP contribution is 2.53. The Labute approximate surface area is 349 Å². The number of benzene rings is 2. The molecule has 0 radical (unpaired) electrons. The Hall–Kier alpha value is -5.84. The van der Waals surface area contributed by atoms with Crippen LogP contribution in [0.1, 0.15) is 107 Å². The van der Waals surface area contributed by atoms with Gasteiger partial charge in [-0.1, -0.05) is 12.1 Å². The molecule has 2 saturated carbocycles. The quantitative estimate of drug-likeness (QED) is 0.151. The lowest BCUT2D eigenvalue weighted by Crippen LogP contribution is -2.54. The number of ether oxygens (including phenoxy) is 1. The topological polar surface area (TPSA) is 168 Å². The average Bonchev–Trinajstić information content (AvgIpc) is 3.76. The lowest BCUT2D eigenvalue weighted by molar-refractivity contribution is -0.141. The first-order valence-electron chi connectivity index (χ1n) is 21.0. The predicted octanol–water partition coefficient (Wildman–Crippen LogP) is 6.45. The molecule has 5 amide bonds. The number of carbonyl (C=O) groups excluding carboxylic acids is 5. The summed E-state index contributed by atoms with van der Waals surface area (Å²) in [6.45, 7) is 3.93. The monoisotopic (exact) mass is 840 g/mol. The molecule has 9 rings (SSSR count). The predicted molar refractivity (Wildman–Crippen MR) is 217 cm³/mol. The van der Waals surface area contributed by atoms with Gasteiger partial charge in [-0.2, -0.15) is 18.3 Å². The van der Waals surface area contributed by atoms with Crippen LogP contribution in [0.5, 0.6) is 5.75 Å². The molecule has 0 bridgehead atoms. The first-order valence-corrected chi connectivity index (χ1v) is 21.0. The smallest absolute Gasteiger partial charge is 0.433 e. The molecule has 2 aromatic heterocycles. The fourth-order valence-electron chi connectivity index (χ4n) is 10.2. The van der Waals surface area contributed by atoms with Gasteiger partial charge in [0.2, 0.25) is 11.8 Å². The maximum atomic E-state index is 13.5. The number of imide groups is 2. The normalized spacial score (nSPS) is 23.2. The molecule has 4 fully saturated rings. The van der Waals surface area contributed by atoms with Gasteiger partial charge in [0.1, 0.15) is 23.2 Å². The van der Waals surface area contributed by atoms with Crippen LogP contribution in [0, 0.1) is 17.3 Å². The molecule has 2 aromatic carbocycles. The van der Waals surface area contributed by atoms with E-state index in [1.165, 1.54) is 13.2 Å². The van der Waals surface area contributed by atoms with Crippen LogP contribution in [0.3, 0.4) is 0 Å². The molecule has 1 spiro atoms. The van der Waals surface area contributed by atoms with Crippen LogP contribution in [0.15, 0.2) is 54.7 Å². The Bertz CT molecular complexity index is 2410. The third-order valence-electron chi connectivity index (χ3n) is 13.5. The number of fused-ring (bicyclic) bond motifs is 2. The number of amides is 5. The van der Waals surface area contributed by atoms with Crippen LogP contribution in [0.4, 0.5) is 24.5 Å². The SMILES string of the molecule is COc1cc2nn([C@H]3CC[C@H](CN4CCC5(CC4)CC(CNc4cccc6c4C(=O)N(C4CCC(=O)NC4=O)C6=O)C5)CC3)cc2cc1NC(=O)c1cccc(C(F)(F)F)n1. The molecule has 320 valence electrons. The number of hydrogen-bond acceptors (Lipinski definition) is 10. The molecule has 3 N–H and O–H groups in total. The molecule has 3 aliphatic heterocycles. The Morgan fingerprint density at radius 3 is 2.41 bits per heavy atom. The summed E-state index contributed by atoms with van der Waals surface area (Å²) in [4.78, 5) is 70.9. The van der Waals surface area contributed by atoms with Gasteiger partial charge < -0.3 is 20.3 Å². The van der Waals surface area contributed by atoms with Crippen molar-refractivity contribution in [3.8, 4) is 5.75 Å². The van der Waals surface area contributed by atoms with Crippen molar-refractivity contribution >= 4 is 51.8 Å². The lowest BCUT2D eigenvalue weighted by atomic mass is 9.57. The molecule has 2 saturated heterocycles. The number of rotatable bonds is 10. The molecular formula is C44H47F3N8O6. The number of nitrogens with zero attached hydrogens (tertiary/aromatic N) is 5. The standard InChI is InChI=1S/C44H47F3N8O6/c1-61-35-19-32-27(18-33(35)50-39(57)31-6-3-7-36(49-31)44(45,46)47)24-54(52-32)28-10-8-25(9-11-28)23-53-16-14-43(15-17-53)20-26(21-43)22-48-30-5-2-4-29-38(30)42(60)55(41(29)59)34-12-13-37(56)51-40(34)58/h2-7,18-19,24-26,28,34,48H,8-17,20-23H2,1H3,(H,50,57)(H,51,56,58)/t25-,28-,34?. The van der Waals surface area contributed by atoms with Gasteiger partial charge in [-0.3, -0.25) is 38.9 Å². The summed E-state index contributed by atoms with van der Waals surface area (Å²) in [5, 5.41) is 14.0. The number of nitrogens with one attached hydrogen (secondary N) is 3. The van der Waals surface area contributed by atoms with Crippen LogP contribution in [-0.4, -0.2) is 93.4 Å². The minimum Gasteiger partial charge on any atom is -0.494 e. The molecule has 61 heavy (non-hydrogen) atoms. The molecule has 2 aliphatic carbocycles. The number of anilines is 2. The maximum absolute atomic E-state index is 13.5. The number of pyridine rings is 1. The Kier molecular flexibility index (Phi) is 10.6. The van der Waals surface area contributed by atoms with Gasteiger partial charge in [0, 0.05) is 42.8 Å². The molecule has 1 atom stereocenters. The summed E-state index contributed by atoms with van der Waals surface area (Å²) in [5.74, 6) is -1.40. The van der Waals surface area contributed by atoms with Crippen molar-refractivity contribution in [2.45, 2.75) is 82.5 Å². The van der Waals surface area contributed by atoms with Gasteiger partial charge >= 0.3 is 6.18 Å². The number of aromatic nitrogens is 3. The number of alkyl halides is 3. The second-order valence-electron chi connectivity index (χ2n) is 17.4. The second kappa shape index (κ2) is 15.9. The van der Waals surface area contributed by atoms with E-state index in [4.69, 9.17) is 9.84 Å². The number of carbonyl (C=O) groups is 5. The lowest BCUT2D eigenvalue weighted by Gasteiger charge is -2.53. The number of piperidine rings is 2. The van der Waals surface area contributed by atoms with E-state index in [2.05, 4.69) is 25.8 Å². The fraction of sp³-hybridized carbons (Fsp3) is 0.477. The van der Waals surface area contributed by atoms with Gasteiger partial charge in [-0.25, -0.2) is 4.98 Å². The van der Waals surface area contributed by atoms with E-state index >= 15 is 0 Å². The first-order chi connectivity index (χ1) is 29.3. The van der Waals surface area contributed by atoms with Crippen molar-refractivity contribution < 1.29 is 41.9 Å². The first kappa shape index (κ1) is 40.6. The third-order valence-corrected chi connectivity index (χ3v) is 13.5. The summed E-state index contributed by atoms with van der Waals surface area (Å²) < 4.78 is 47.0. The van der Waals surface area contributed by atoms with E-state index in [-0.39, 0.29) is 30.1 Å². The summed E-state index contributed by atoms with van der Waals surface area (Å²) >= 11 is 0. The van der Waals surface area contributed by atoms with Gasteiger partial charge in [0.25, 0.3) is 17.7 Å². The molecule has 5 heterocycles. The molecular weight excluding hydrogens is 794 g/mol. The van der Waals surface area contributed by atoms with Gasteiger partial charge in [0.05, 0.1) is 35.5 Å². The van der Waals surface area contributed by atoms with Crippen molar-refractivity contribution in [1.82, 2.24) is 29.9 Å². The van der Waals surface area contributed by atoms with Crippen molar-refractivity contribution in [2.24, 2.45) is 17.3 Å². The van der Waals surface area contributed by atoms with Crippen LogP contribution >= 0.6 is 0 Å². The van der Waals surface area contributed by atoms with Crippen LogP contribution in [-0.2, 0) is 15.8 Å². The molecule has 4 aromatic rings. The summed E-state index contributed by atoms with van der Waals surface area (Å²) in [6, 6.07) is 11.0. The zero-order valence-corrected chi connectivity index (χ0v) is 33.7. The minimum absolute atomic E-state index is 0.0790. The fourth-order valence-corrected chi connectivity index (χ4v) is 10.2. The molecule has 14 nitrogen and oxygen atoms in total. The minimum atomic E-state index is -4.67. The number of hydrogen-bond donors (Lipinski definition) is 3. The van der Waals surface area contributed by atoms with Gasteiger partial charge in [0.15, 0.2) is 0 Å². The highest BCUT2D eigenvalue weighted by atomic mass is 19.4. The Morgan fingerprint density at radius 2 is 1.69 bits per heavy atom. The molecule has 5 aliphatic rings. The Morgan fingerprint density at radius 1 is 0.934 bits per heavy atom. The van der Waals surface area contributed by atoms with E-state index in [9.17, 15) is 37.1 Å². The second-order valence-corrected chi connectivity index (χ2v) is 17.4. The van der Waals surface area contributed by atoms with E-state index < -0.39 is 47.4 Å². The highest BCUT2D eigenvalue weighted by molar-refractivity contribution is 6.25. The summed E-state index contributed by atoms with van der Waals surface area (Å²) in [6.07, 6.45) is 6.21.